The number of benzene rings is 2. The van der Waals surface area contributed by atoms with E-state index in [0.29, 0.717) is 0 Å². The summed E-state index contributed by atoms with van der Waals surface area (Å²) in [6.07, 6.45) is 0. The van der Waals surface area contributed by atoms with Crippen molar-refractivity contribution in [2.75, 3.05) is 48.8 Å². The molecule has 0 aromatic heterocycles. The maximum absolute atomic E-state index is 12.3. The van der Waals surface area contributed by atoms with Crippen molar-refractivity contribution in [2.24, 2.45) is 0 Å². The van der Waals surface area contributed by atoms with E-state index in [9.17, 15) is 4.79 Å². The molecule has 3 rings (SSSR count). The molecule has 5 heteroatoms. The molecule has 2 aromatic carbocycles. The van der Waals surface area contributed by atoms with Crippen LogP contribution in [-0.2, 0) is 0 Å². The van der Waals surface area contributed by atoms with Crippen molar-refractivity contribution in [1.29, 1.82) is 0 Å². The Morgan fingerprint density at radius 2 is 1.48 bits per heavy atom. The molecule has 0 aliphatic carbocycles. The van der Waals surface area contributed by atoms with Crippen LogP contribution in [0.3, 0.4) is 0 Å². The highest BCUT2D eigenvalue weighted by atomic mass is 16.2. The largest absolute Gasteiger partial charge is 0.388 e. The molecule has 0 saturated carbocycles. The number of carbonyl (C=O) groups excluding carboxylic acids is 1. The number of hydrogen-bond acceptors (Lipinski definition) is 3. The van der Waals surface area contributed by atoms with E-state index in [-0.39, 0.29) is 6.03 Å². The average molecular weight is 310 g/mol. The fraction of sp³-hybridized carbons (Fsp3) is 0.278. The Balaban J connectivity index is 1.53. The number of hydrogen-bond donors (Lipinski definition) is 2. The lowest BCUT2D eigenvalue weighted by atomic mass is 10.2. The van der Waals surface area contributed by atoms with E-state index in [2.05, 4.69) is 27.7 Å². The molecule has 5 nitrogen and oxygen atoms in total. The molecule has 120 valence electrons. The van der Waals surface area contributed by atoms with Crippen LogP contribution >= 0.6 is 0 Å². The smallest absolute Gasteiger partial charge is 0.321 e. The maximum atomic E-state index is 12.3. The standard InChI is InChI=1S/C18H22N4O/c1-19-15-7-9-16(10-8-15)20-18(23)22-13-11-21(12-14-22)17-5-3-2-4-6-17/h2-10,19H,11-14H2,1H3,(H,20,23). The second-order valence-electron chi connectivity index (χ2n) is 5.57. The number of nitrogens with one attached hydrogen (secondary N) is 2. The number of piperazine rings is 1. The molecule has 1 aliphatic rings. The Morgan fingerprint density at radius 1 is 0.870 bits per heavy atom. The molecule has 2 amide bonds. The van der Waals surface area contributed by atoms with E-state index in [1.807, 2.05) is 54.4 Å². The van der Waals surface area contributed by atoms with Crippen LogP contribution in [0.5, 0.6) is 0 Å². The van der Waals surface area contributed by atoms with Crippen LogP contribution in [0.2, 0.25) is 0 Å². The van der Waals surface area contributed by atoms with Crippen molar-refractivity contribution in [3.05, 3.63) is 54.6 Å². The number of para-hydroxylation sites is 1. The van der Waals surface area contributed by atoms with E-state index < -0.39 is 0 Å². The predicted octanol–water partition coefficient (Wildman–Crippen LogP) is 3.08. The number of carbonyl (C=O) groups is 1. The van der Waals surface area contributed by atoms with Gasteiger partial charge in [0, 0.05) is 50.3 Å². The van der Waals surface area contributed by atoms with Gasteiger partial charge in [0.2, 0.25) is 0 Å². The van der Waals surface area contributed by atoms with Gasteiger partial charge >= 0.3 is 6.03 Å². The van der Waals surface area contributed by atoms with E-state index >= 15 is 0 Å². The van der Waals surface area contributed by atoms with Gasteiger partial charge in [0.15, 0.2) is 0 Å². The van der Waals surface area contributed by atoms with Crippen molar-refractivity contribution in [3.8, 4) is 0 Å². The minimum Gasteiger partial charge on any atom is -0.388 e. The lowest BCUT2D eigenvalue weighted by Gasteiger charge is -2.36. The van der Waals surface area contributed by atoms with Gasteiger partial charge in [0.05, 0.1) is 0 Å². The lowest BCUT2D eigenvalue weighted by Crippen LogP contribution is -2.50. The minimum atomic E-state index is -0.0325. The van der Waals surface area contributed by atoms with Crippen LogP contribution in [0.15, 0.2) is 54.6 Å². The molecule has 0 bridgehead atoms. The second-order valence-corrected chi connectivity index (χ2v) is 5.57. The van der Waals surface area contributed by atoms with Crippen LogP contribution in [-0.4, -0.2) is 44.2 Å². The number of urea groups is 1. The maximum Gasteiger partial charge on any atom is 0.321 e. The molecule has 1 fully saturated rings. The molecular formula is C18H22N4O. The van der Waals surface area contributed by atoms with Crippen LogP contribution in [0, 0.1) is 0 Å². The molecule has 2 aromatic rings. The van der Waals surface area contributed by atoms with Gasteiger partial charge in [0.1, 0.15) is 0 Å². The Bertz CT molecular complexity index is 634. The fourth-order valence-corrected chi connectivity index (χ4v) is 2.73. The summed E-state index contributed by atoms with van der Waals surface area (Å²) in [4.78, 5) is 16.5. The van der Waals surface area contributed by atoms with Gasteiger partial charge in [-0.3, -0.25) is 0 Å². The average Bonchev–Trinajstić information content (AvgIpc) is 2.63. The summed E-state index contributed by atoms with van der Waals surface area (Å²) in [5, 5.41) is 6.02. The fourth-order valence-electron chi connectivity index (χ4n) is 2.73. The lowest BCUT2D eigenvalue weighted by molar-refractivity contribution is 0.208. The zero-order chi connectivity index (χ0) is 16.1. The van der Waals surface area contributed by atoms with Gasteiger partial charge in [-0.15, -0.1) is 0 Å². The molecule has 1 saturated heterocycles. The molecule has 1 heterocycles. The van der Waals surface area contributed by atoms with Crippen LogP contribution in [0.4, 0.5) is 21.9 Å². The molecule has 1 aliphatic heterocycles. The van der Waals surface area contributed by atoms with E-state index in [4.69, 9.17) is 0 Å². The van der Waals surface area contributed by atoms with Crippen molar-refractivity contribution in [3.63, 3.8) is 0 Å². The van der Waals surface area contributed by atoms with Gasteiger partial charge < -0.3 is 20.4 Å². The van der Waals surface area contributed by atoms with Gasteiger partial charge in [-0.25, -0.2) is 4.79 Å². The summed E-state index contributed by atoms with van der Waals surface area (Å²) in [5.41, 5.74) is 3.06. The normalized spacial score (nSPS) is 14.5. The first-order chi connectivity index (χ1) is 11.3. The van der Waals surface area contributed by atoms with E-state index in [1.54, 1.807) is 0 Å². The van der Waals surface area contributed by atoms with Gasteiger partial charge in [0.25, 0.3) is 0 Å². The van der Waals surface area contributed by atoms with Crippen LogP contribution in [0.25, 0.3) is 0 Å². The summed E-state index contributed by atoms with van der Waals surface area (Å²) in [5.74, 6) is 0. The van der Waals surface area contributed by atoms with E-state index in [0.717, 1.165) is 37.6 Å². The number of amides is 2. The Labute approximate surface area is 136 Å². The first-order valence-corrected chi connectivity index (χ1v) is 7.90. The molecular weight excluding hydrogens is 288 g/mol. The van der Waals surface area contributed by atoms with Crippen LogP contribution in [0.1, 0.15) is 0 Å². The first kappa shape index (κ1) is 15.2. The highest BCUT2D eigenvalue weighted by Gasteiger charge is 2.21. The molecule has 2 N–H and O–H groups in total. The molecule has 0 spiro atoms. The summed E-state index contributed by atoms with van der Waals surface area (Å²) in [6, 6.07) is 18.0. The Hall–Kier alpha value is -2.69. The van der Waals surface area contributed by atoms with Gasteiger partial charge in [-0.2, -0.15) is 0 Å². The molecule has 0 radical (unpaired) electrons. The van der Waals surface area contributed by atoms with Crippen molar-refractivity contribution < 1.29 is 4.79 Å². The van der Waals surface area contributed by atoms with Crippen molar-refractivity contribution in [1.82, 2.24) is 4.90 Å². The molecule has 0 unspecified atom stereocenters. The number of nitrogens with zero attached hydrogens (tertiary/aromatic N) is 2. The Kier molecular flexibility index (Phi) is 4.66. The molecule has 0 atom stereocenters. The zero-order valence-electron chi connectivity index (χ0n) is 13.3. The van der Waals surface area contributed by atoms with Crippen LogP contribution < -0.4 is 15.5 Å². The predicted molar refractivity (Wildman–Crippen MR) is 95.2 cm³/mol. The highest BCUT2D eigenvalue weighted by Crippen LogP contribution is 2.17. The number of anilines is 3. The van der Waals surface area contributed by atoms with E-state index in [1.165, 1.54) is 5.69 Å². The third-order valence-corrected chi connectivity index (χ3v) is 4.11. The van der Waals surface area contributed by atoms with Crippen molar-refractivity contribution >= 4 is 23.1 Å². The second kappa shape index (κ2) is 7.05. The first-order valence-electron chi connectivity index (χ1n) is 7.90. The Morgan fingerprint density at radius 3 is 2.09 bits per heavy atom. The monoisotopic (exact) mass is 310 g/mol. The summed E-state index contributed by atoms with van der Waals surface area (Å²) in [6.45, 7) is 3.18. The number of rotatable bonds is 3. The topological polar surface area (TPSA) is 47.6 Å². The third-order valence-electron chi connectivity index (χ3n) is 4.11. The molecule has 23 heavy (non-hydrogen) atoms. The van der Waals surface area contributed by atoms with Gasteiger partial charge in [-0.05, 0) is 36.4 Å². The summed E-state index contributed by atoms with van der Waals surface area (Å²) < 4.78 is 0. The van der Waals surface area contributed by atoms with Gasteiger partial charge in [-0.1, -0.05) is 18.2 Å². The third kappa shape index (κ3) is 3.74. The SMILES string of the molecule is CNc1ccc(NC(=O)N2CCN(c3ccccc3)CC2)cc1. The summed E-state index contributed by atoms with van der Waals surface area (Å²) >= 11 is 0. The zero-order valence-corrected chi connectivity index (χ0v) is 13.3. The summed E-state index contributed by atoms with van der Waals surface area (Å²) in [7, 11) is 1.87. The minimum absolute atomic E-state index is 0.0325. The quantitative estimate of drug-likeness (QED) is 0.916. The highest BCUT2D eigenvalue weighted by molar-refractivity contribution is 5.89. The van der Waals surface area contributed by atoms with Crippen molar-refractivity contribution in [2.45, 2.75) is 0 Å².